The number of methoxy groups -OCH3 is 1. The lowest BCUT2D eigenvalue weighted by Gasteiger charge is -2.40. The van der Waals surface area contributed by atoms with Gasteiger partial charge in [0, 0.05) is 19.1 Å². The third kappa shape index (κ3) is 2.61. The normalized spacial score (nSPS) is 25.5. The molecule has 1 amide bonds. The molecule has 0 radical (unpaired) electrons. The number of fused-ring (bicyclic) bond motifs is 1. The van der Waals surface area contributed by atoms with Crippen molar-refractivity contribution in [3.05, 3.63) is 23.8 Å². The van der Waals surface area contributed by atoms with E-state index in [9.17, 15) is 13.2 Å². The molecular formula is C16H22N2O4S. The number of carbonyl (C=O) groups is 1. The molecule has 0 spiro atoms. The van der Waals surface area contributed by atoms with Crippen molar-refractivity contribution >= 4 is 15.9 Å². The number of rotatable bonds is 3. The minimum atomic E-state index is -3.79. The molecule has 0 unspecified atom stereocenters. The maximum Gasteiger partial charge on any atom is 0.247 e. The van der Waals surface area contributed by atoms with Crippen molar-refractivity contribution in [1.29, 1.82) is 0 Å². The predicted molar refractivity (Wildman–Crippen MR) is 85.8 cm³/mol. The van der Waals surface area contributed by atoms with Gasteiger partial charge in [-0.3, -0.25) is 4.79 Å². The molecule has 2 atom stereocenters. The Labute approximate surface area is 137 Å². The first-order valence-corrected chi connectivity index (χ1v) is 9.27. The highest BCUT2D eigenvalue weighted by Crippen LogP contribution is 2.33. The molecule has 2 aliphatic heterocycles. The standard InChI is InChI=1S/C16H22N2O4S/c1-11-6-7-14(22-3)15(9-11)23(20,21)18-10-13-5-4-8-17(13)16(19)12(18)2/h6-7,9,12-13H,4-5,8,10H2,1-3H3/t12-,13+/m1/s1. The van der Waals surface area contributed by atoms with E-state index in [0.29, 0.717) is 12.3 Å². The van der Waals surface area contributed by atoms with Crippen LogP contribution in [0.3, 0.4) is 0 Å². The number of piperazine rings is 1. The van der Waals surface area contributed by atoms with Gasteiger partial charge >= 0.3 is 0 Å². The van der Waals surface area contributed by atoms with E-state index >= 15 is 0 Å². The van der Waals surface area contributed by atoms with E-state index in [2.05, 4.69) is 0 Å². The van der Waals surface area contributed by atoms with Crippen molar-refractivity contribution in [3.8, 4) is 5.75 Å². The second-order valence-electron chi connectivity index (χ2n) is 6.23. The number of amides is 1. The molecule has 2 fully saturated rings. The third-order valence-corrected chi connectivity index (χ3v) is 6.70. The first-order valence-electron chi connectivity index (χ1n) is 7.83. The highest BCUT2D eigenvalue weighted by molar-refractivity contribution is 7.89. The molecule has 0 saturated carbocycles. The van der Waals surface area contributed by atoms with Gasteiger partial charge in [0.1, 0.15) is 16.7 Å². The summed E-state index contributed by atoms with van der Waals surface area (Å²) in [5, 5.41) is 0. The Bertz CT molecular complexity index is 732. The molecule has 126 valence electrons. The van der Waals surface area contributed by atoms with Crippen molar-refractivity contribution in [2.75, 3.05) is 20.2 Å². The summed E-state index contributed by atoms with van der Waals surface area (Å²) in [6, 6.07) is 4.37. The van der Waals surface area contributed by atoms with E-state index in [0.717, 1.165) is 24.9 Å². The maximum atomic E-state index is 13.1. The molecule has 2 saturated heterocycles. The highest BCUT2D eigenvalue weighted by Gasteiger charge is 2.45. The monoisotopic (exact) mass is 338 g/mol. The smallest absolute Gasteiger partial charge is 0.247 e. The summed E-state index contributed by atoms with van der Waals surface area (Å²) in [4.78, 5) is 14.5. The van der Waals surface area contributed by atoms with Gasteiger partial charge in [-0.15, -0.1) is 0 Å². The van der Waals surface area contributed by atoms with Crippen LogP contribution in [0.1, 0.15) is 25.3 Å². The number of benzene rings is 1. The van der Waals surface area contributed by atoms with Crippen molar-refractivity contribution in [2.45, 2.75) is 43.7 Å². The summed E-state index contributed by atoms with van der Waals surface area (Å²) in [7, 11) is -2.34. The van der Waals surface area contributed by atoms with Crippen molar-refractivity contribution in [2.24, 2.45) is 0 Å². The summed E-state index contributed by atoms with van der Waals surface area (Å²) in [5.41, 5.74) is 0.836. The zero-order valence-corrected chi connectivity index (χ0v) is 14.5. The number of nitrogens with zero attached hydrogens (tertiary/aromatic N) is 2. The SMILES string of the molecule is COc1ccc(C)cc1S(=O)(=O)N1C[C@@H]2CCCN2C(=O)[C@H]1C. The van der Waals surface area contributed by atoms with Crippen LogP contribution in [0.5, 0.6) is 5.75 Å². The average Bonchev–Trinajstić information content (AvgIpc) is 2.99. The van der Waals surface area contributed by atoms with Gasteiger partial charge in [0.2, 0.25) is 15.9 Å². The minimum absolute atomic E-state index is 0.00993. The molecule has 7 heteroatoms. The van der Waals surface area contributed by atoms with E-state index in [1.54, 1.807) is 25.1 Å². The molecule has 0 aliphatic carbocycles. The molecule has 0 bridgehead atoms. The Kier molecular flexibility index (Phi) is 4.10. The fourth-order valence-corrected chi connectivity index (χ4v) is 5.33. The molecule has 6 nitrogen and oxygen atoms in total. The molecular weight excluding hydrogens is 316 g/mol. The molecule has 3 rings (SSSR count). The van der Waals surface area contributed by atoms with Gasteiger partial charge in [0.25, 0.3) is 0 Å². The van der Waals surface area contributed by atoms with Gasteiger partial charge in [-0.1, -0.05) is 6.07 Å². The molecule has 23 heavy (non-hydrogen) atoms. The van der Waals surface area contributed by atoms with Crippen LogP contribution in [-0.4, -0.2) is 55.8 Å². The Hall–Kier alpha value is -1.60. The van der Waals surface area contributed by atoms with Crippen LogP contribution in [0.2, 0.25) is 0 Å². The Balaban J connectivity index is 2.02. The second-order valence-corrected chi connectivity index (χ2v) is 8.09. The lowest BCUT2D eigenvalue weighted by molar-refractivity contribution is -0.139. The average molecular weight is 338 g/mol. The van der Waals surface area contributed by atoms with Gasteiger partial charge in [-0.2, -0.15) is 4.31 Å². The quantitative estimate of drug-likeness (QED) is 0.835. The summed E-state index contributed by atoms with van der Waals surface area (Å²) >= 11 is 0. The summed E-state index contributed by atoms with van der Waals surface area (Å²) in [5.74, 6) is 0.207. The molecule has 0 aromatic heterocycles. The molecule has 2 heterocycles. The van der Waals surface area contributed by atoms with Gasteiger partial charge in [-0.05, 0) is 44.4 Å². The summed E-state index contributed by atoms with van der Waals surface area (Å²) < 4.78 is 32.8. The Morgan fingerprint density at radius 2 is 2.04 bits per heavy atom. The van der Waals surface area contributed by atoms with Crippen LogP contribution < -0.4 is 4.74 Å². The number of aryl methyl sites for hydroxylation is 1. The largest absolute Gasteiger partial charge is 0.495 e. The second kappa shape index (κ2) is 5.79. The first kappa shape index (κ1) is 16.3. The number of carbonyl (C=O) groups excluding carboxylic acids is 1. The predicted octanol–water partition coefficient (Wildman–Crippen LogP) is 1.39. The molecule has 2 aliphatic rings. The lowest BCUT2D eigenvalue weighted by Crippen LogP contribution is -2.59. The van der Waals surface area contributed by atoms with E-state index in [1.807, 2.05) is 11.8 Å². The summed E-state index contributed by atoms with van der Waals surface area (Å²) in [6.07, 6.45) is 1.79. The number of hydrogen-bond acceptors (Lipinski definition) is 4. The molecule has 0 N–H and O–H groups in total. The first-order chi connectivity index (χ1) is 10.9. The van der Waals surface area contributed by atoms with E-state index in [4.69, 9.17) is 4.74 Å². The van der Waals surface area contributed by atoms with Crippen LogP contribution in [0.15, 0.2) is 23.1 Å². The van der Waals surface area contributed by atoms with E-state index in [-0.39, 0.29) is 16.8 Å². The van der Waals surface area contributed by atoms with Crippen molar-refractivity contribution in [1.82, 2.24) is 9.21 Å². The van der Waals surface area contributed by atoms with Crippen molar-refractivity contribution < 1.29 is 17.9 Å². The van der Waals surface area contributed by atoms with E-state index < -0.39 is 16.1 Å². The Morgan fingerprint density at radius 1 is 1.30 bits per heavy atom. The van der Waals surface area contributed by atoms with Crippen LogP contribution in [0.4, 0.5) is 0 Å². The van der Waals surface area contributed by atoms with Crippen LogP contribution in [-0.2, 0) is 14.8 Å². The Morgan fingerprint density at radius 3 is 2.74 bits per heavy atom. The lowest BCUT2D eigenvalue weighted by atomic mass is 10.1. The van der Waals surface area contributed by atoms with Crippen LogP contribution in [0, 0.1) is 6.92 Å². The topological polar surface area (TPSA) is 66.9 Å². The van der Waals surface area contributed by atoms with E-state index in [1.165, 1.54) is 11.4 Å². The number of hydrogen-bond donors (Lipinski definition) is 0. The van der Waals surface area contributed by atoms with Gasteiger partial charge in [-0.25, -0.2) is 8.42 Å². The van der Waals surface area contributed by atoms with Crippen LogP contribution >= 0.6 is 0 Å². The number of ether oxygens (including phenoxy) is 1. The zero-order chi connectivity index (χ0) is 16.8. The third-order valence-electron chi connectivity index (χ3n) is 4.75. The van der Waals surface area contributed by atoms with Crippen molar-refractivity contribution in [3.63, 3.8) is 0 Å². The highest BCUT2D eigenvalue weighted by atomic mass is 32.2. The maximum absolute atomic E-state index is 13.1. The fraction of sp³-hybridized carbons (Fsp3) is 0.562. The minimum Gasteiger partial charge on any atom is -0.495 e. The fourth-order valence-electron chi connectivity index (χ4n) is 3.46. The van der Waals surface area contributed by atoms with Gasteiger partial charge in [0.05, 0.1) is 7.11 Å². The molecule has 1 aromatic carbocycles. The van der Waals surface area contributed by atoms with Gasteiger partial charge < -0.3 is 9.64 Å². The number of sulfonamides is 1. The molecule has 1 aromatic rings. The zero-order valence-electron chi connectivity index (χ0n) is 13.7. The van der Waals surface area contributed by atoms with Crippen LogP contribution in [0.25, 0.3) is 0 Å². The van der Waals surface area contributed by atoms with Gasteiger partial charge in [0.15, 0.2) is 0 Å². The summed E-state index contributed by atoms with van der Waals surface area (Å²) in [6.45, 7) is 4.58.